The number of aliphatic hydroxyl groups excluding tert-OH is 12. The molecule has 0 aromatic heterocycles. The number of rotatable bonds is 13. The second-order valence-electron chi connectivity index (χ2n) is 22.9. The van der Waals surface area contributed by atoms with E-state index in [9.17, 15) is 61.3 Å². The summed E-state index contributed by atoms with van der Waals surface area (Å²) in [6.07, 6.45) is -14.9. The third-order valence-electron chi connectivity index (χ3n) is 18.8. The monoisotopic (exact) mass is 947 g/mol. The SMILES string of the molecule is CC(C)=CCC[C@](C)(OC1OC(COC2OC(CO)C(O)C(O)C2O)C(O)C(O)C1O)C1CC[C@]2(C)C1[C@H](O)CC1[C@@]3(C)CC[C@H](OC4OC(CO)C(O)C(O)C4O)C(C)(C)C3CC[C@]12C. The van der Waals surface area contributed by atoms with E-state index in [1.807, 2.05) is 20.8 Å². The molecule has 0 aromatic rings. The molecule has 382 valence electrons. The summed E-state index contributed by atoms with van der Waals surface area (Å²) in [6.45, 7) is 15.8. The zero-order valence-corrected chi connectivity index (χ0v) is 40.0. The Morgan fingerprint density at radius 3 is 1.74 bits per heavy atom. The van der Waals surface area contributed by atoms with Gasteiger partial charge in [-0.3, -0.25) is 0 Å². The van der Waals surface area contributed by atoms with Crippen molar-refractivity contribution >= 4 is 0 Å². The highest BCUT2D eigenvalue weighted by atomic mass is 16.7. The lowest BCUT2D eigenvalue weighted by Crippen LogP contribution is -2.67. The maximum atomic E-state index is 12.7. The van der Waals surface area contributed by atoms with Crippen molar-refractivity contribution in [1.29, 1.82) is 0 Å². The molecule has 3 saturated heterocycles. The van der Waals surface area contributed by atoms with Crippen molar-refractivity contribution < 1.29 is 89.7 Å². The number of ether oxygens (including phenoxy) is 6. The topological polar surface area (TPSA) is 298 Å². The van der Waals surface area contributed by atoms with Crippen molar-refractivity contribution in [3.63, 3.8) is 0 Å². The van der Waals surface area contributed by atoms with Gasteiger partial charge in [-0.2, -0.15) is 0 Å². The Bertz CT molecular complexity index is 1680. The molecule has 0 bridgehead atoms. The van der Waals surface area contributed by atoms with Gasteiger partial charge in [-0.05, 0) is 124 Å². The highest BCUT2D eigenvalue weighted by Crippen LogP contribution is 2.76. The Morgan fingerprint density at radius 1 is 0.621 bits per heavy atom. The Morgan fingerprint density at radius 2 is 1.15 bits per heavy atom. The van der Waals surface area contributed by atoms with Crippen LogP contribution in [0.3, 0.4) is 0 Å². The first-order valence-corrected chi connectivity index (χ1v) is 24.4. The number of aliphatic hydroxyl groups is 12. The van der Waals surface area contributed by atoms with E-state index in [0.29, 0.717) is 32.1 Å². The lowest BCUT2D eigenvalue weighted by Gasteiger charge is -2.71. The van der Waals surface area contributed by atoms with E-state index in [1.165, 1.54) is 0 Å². The molecule has 19 unspecified atom stereocenters. The van der Waals surface area contributed by atoms with Crippen LogP contribution in [0.2, 0.25) is 0 Å². The Hall–Kier alpha value is -0.980. The summed E-state index contributed by atoms with van der Waals surface area (Å²) in [5.74, 6) is -0.128. The van der Waals surface area contributed by atoms with Gasteiger partial charge in [0.25, 0.3) is 0 Å². The fraction of sp³-hybridized carbons (Fsp3) is 0.958. The van der Waals surface area contributed by atoms with E-state index < -0.39 is 129 Å². The van der Waals surface area contributed by atoms with Crippen LogP contribution in [0.15, 0.2) is 11.6 Å². The molecule has 3 aliphatic heterocycles. The van der Waals surface area contributed by atoms with Crippen molar-refractivity contribution in [3.05, 3.63) is 11.6 Å². The fourth-order valence-electron chi connectivity index (χ4n) is 14.8. The van der Waals surface area contributed by atoms with Gasteiger partial charge in [0.1, 0.15) is 73.2 Å². The third kappa shape index (κ3) is 8.90. The molecule has 3 heterocycles. The number of hydrogen-bond acceptors (Lipinski definition) is 18. The summed E-state index contributed by atoms with van der Waals surface area (Å²) in [5, 5.41) is 129. The van der Waals surface area contributed by atoms with Gasteiger partial charge in [0, 0.05) is 0 Å². The van der Waals surface area contributed by atoms with Crippen molar-refractivity contribution in [2.24, 2.45) is 45.3 Å². The van der Waals surface area contributed by atoms with Crippen LogP contribution in [0, 0.1) is 45.3 Å². The molecule has 0 radical (unpaired) electrons. The van der Waals surface area contributed by atoms with Crippen LogP contribution in [0.5, 0.6) is 0 Å². The Balaban J connectivity index is 1.11. The van der Waals surface area contributed by atoms with E-state index in [1.54, 1.807) is 0 Å². The van der Waals surface area contributed by atoms with Crippen molar-refractivity contribution in [2.45, 2.75) is 223 Å². The zero-order chi connectivity index (χ0) is 48.6. The summed E-state index contributed by atoms with van der Waals surface area (Å²) in [7, 11) is 0. The van der Waals surface area contributed by atoms with E-state index in [-0.39, 0.29) is 46.0 Å². The molecule has 66 heavy (non-hydrogen) atoms. The maximum Gasteiger partial charge on any atom is 0.187 e. The predicted molar refractivity (Wildman–Crippen MR) is 234 cm³/mol. The predicted octanol–water partition coefficient (Wildman–Crippen LogP) is -0.0268. The smallest absolute Gasteiger partial charge is 0.187 e. The molecule has 0 spiro atoms. The normalized spacial score (nSPS) is 52.4. The van der Waals surface area contributed by atoms with Gasteiger partial charge in [0.05, 0.1) is 37.6 Å². The lowest BCUT2D eigenvalue weighted by molar-refractivity contribution is -0.350. The van der Waals surface area contributed by atoms with E-state index in [0.717, 1.165) is 31.3 Å². The average Bonchev–Trinajstić information content (AvgIpc) is 3.65. The molecule has 4 aliphatic carbocycles. The fourth-order valence-corrected chi connectivity index (χ4v) is 14.8. The largest absolute Gasteiger partial charge is 0.394 e. The molecule has 7 aliphatic rings. The number of allylic oxidation sites excluding steroid dienone is 2. The second kappa shape index (κ2) is 19.6. The molecule has 4 saturated carbocycles. The molecule has 18 nitrogen and oxygen atoms in total. The highest BCUT2D eigenvalue weighted by molar-refractivity contribution is 5.20. The van der Waals surface area contributed by atoms with Crippen LogP contribution in [0.1, 0.15) is 113 Å². The first-order valence-electron chi connectivity index (χ1n) is 24.4. The van der Waals surface area contributed by atoms with Crippen LogP contribution in [0.4, 0.5) is 0 Å². The Labute approximate surface area is 388 Å². The third-order valence-corrected chi connectivity index (χ3v) is 18.8. The quantitative estimate of drug-likeness (QED) is 0.0853. The summed E-state index contributed by atoms with van der Waals surface area (Å²) in [4.78, 5) is 0. The van der Waals surface area contributed by atoms with Gasteiger partial charge in [-0.1, -0.05) is 46.3 Å². The molecule has 12 N–H and O–H groups in total. The van der Waals surface area contributed by atoms with Crippen LogP contribution in [-0.4, -0.2) is 191 Å². The van der Waals surface area contributed by atoms with Gasteiger partial charge in [0.15, 0.2) is 18.9 Å². The van der Waals surface area contributed by atoms with Crippen LogP contribution >= 0.6 is 0 Å². The minimum atomic E-state index is -1.72. The molecular weight excluding hydrogens is 865 g/mol. The molecule has 25 atom stereocenters. The molecule has 7 fully saturated rings. The van der Waals surface area contributed by atoms with Gasteiger partial charge >= 0.3 is 0 Å². The minimum absolute atomic E-state index is 0.133. The first kappa shape index (κ1) is 52.8. The summed E-state index contributed by atoms with van der Waals surface area (Å²) < 4.78 is 36.6. The van der Waals surface area contributed by atoms with Crippen LogP contribution in [-0.2, 0) is 28.4 Å². The maximum absolute atomic E-state index is 12.7. The highest BCUT2D eigenvalue weighted by Gasteiger charge is 2.72. The molecule has 7 rings (SSSR count). The molecule has 18 heteroatoms. The molecule has 0 aromatic carbocycles. The minimum Gasteiger partial charge on any atom is -0.394 e. The summed E-state index contributed by atoms with van der Waals surface area (Å²) in [5.41, 5.74) is -1.06. The van der Waals surface area contributed by atoms with Gasteiger partial charge in [-0.25, -0.2) is 0 Å². The van der Waals surface area contributed by atoms with Gasteiger partial charge in [-0.15, -0.1) is 0 Å². The van der Waals surface area contributed by atoms with Crippen molar-refractivity contribution in [1.82, 2.24) is 0 Å². The van der Waals surface area contributed by atoms with Crippen LogP contribution in [0.25, 0.3) is 0 Å². The average molecular weight is 947 g/mol. The molecule has 0 amide bonds. The number of fused-ring (bicyclic) bond motifs is 5. The second-order valence-corrected chi connectivity index (χ2v) is 22.9. The lowest BCUT2D eigenvalue weighted by atomic mass is 9.35. The van der Waals surface area contributed by atoms with E-state index in [2.05, 4.69) is 40.7 Å². The van der Waals surface area contributed by atoms with Gasteiger partial charge < -0.3 is 89.7 Å². The molecular formula is C48H82O18. The van der Waals surface area contributed by atoms with Crippen molar-refractivity contribution in [2.75, 3.05) is 19.8 Å². The summed E-state index contributed by atoms with van der Waals surface area (Å²) in [6, 6.07) is 0. The first-order chi connectivity index (χ1) is 30.8. The number of hydrogen-bond donors (Lipinski definition) is 12. The van der Waals surface area contributed by atoms with E-state index in [4.69, 9.17) is 28.4 Å². The standard InChI is InChI=1S/C48H82O18/c1-22(2)10-9-14-48(8,66-43-40(60)37(57)34(54)27(64-43)21-61-41-38(58)35(55)32(52)25(19-49)62-41)23-11-16-47(7)31(23)24(51)18-29-45(5)15-13-30(44(3,4)28(45)12-17-46(29,47)6)65-42-39(59)36(56)33(53)26(20-50)63-42/h10,23-43,49-60H,9,11-21H2,1-8H3/t23?,24-,25?,26?,27?,28?,29?,30+,31?,32?,33?,34?,35?,36?,37?,38?,39?,40?,41?,42?,43?,45+,46-,47-,48+/m1/s1. The van der Waals surface area contributed by atoms with Gasteiger partial charge in [0.2, 0.25) is 0 Å². The zero-order valence-electron chi connectivity index (χ0n) is 40.0. The van der Waals surface area contributed by atoms with Crippen LogP contribution < -0.4 is 0 Å². The Kier molecular flexibility index (Phi) is 15.7. The van der Waals surface area contributed by atoms with Crippen molar-refractivity contribution in [3.8, 4) is 0 Å². The van der Waals surface area contributed by atoms with E-state index >= 15 is 0 Å². The summed E-state index contributed by atoms with van der Waals surface area (Å²) >= 11 is 0.